The zero-order chi connectivity index (χ0) is 12.3. The van der Waals surface area contributed by atoms with Crippen LogP contribution >= 0.6 is 0 Å². The van der Waals surface area contributed by atoms with E-state index in [9.17, 15) is 9.90 Å². The van der Waals surface area contributed by atoms with Gasteiger partial charge in [0.1, 0.15) is 0 Å². The molecule has 0 heterocycles. The Morgan fingerprint density at radius 1 is 1.29 bits per heavy atom. The third kappa shape index (κ3) is 2.07. The van der Waals surface area contributed by atoms with Crippen molar-refractivity contribution in [2.75, 3.05) is 7.11 Å². The second-order valence-corrected chi connectivity index (χ2v) is 4.61. The van der Waals surface area contributed by atoms with Gasteiger partial charge in [-0.15, -0.1) is 0 Å². The lowest BCUT2D eigenvalue weighted by atomic mass is 9.80. The minimum atomic E-state index is -1.48. The molecule has 0 unspecified atom stereocenters. The van der Waals surface area contributed by atoms with Crippen molar-refractivity contribution in [1.82, 2.24) is 0 Å². The number of ether oxygens (including phenoxy) is 1. The Kier molecular flexibility index (Phi) is 3.48. The summed E-state index contributed by atoms with van der Waals surface area (Å²) in [6, 6.07) is 9.11. The Morgan fingerprint density at radius 2 is 1.88 bits per heavy atom. The van der Waals surface area contributed by atoms with E-state index in [-0.39, 0.29) is 5.92 Å². The molecule has 0 spiro atoms. The molecule has 92 valence electrons. The van der Waals surface area contributed by atoms with Crippen LogP contribution in [0.4, 0.5) is 0 Å². The van der Waals surface area contributed by atoms with Crippen molar-refractivity contribution < 1.29 is 14.6 Å². The summed E-state index contributed by atoms with van der Waals surface area (Å²) in [5.74, 6) is -0.576. The van der Waals surface area contributed by atoms with Crippen molar-refractivity contribution in [2.45, 2.75) is 31.3 Å². The molecule has 1 atom stereocenters. The SMILES string of the molecule is COC(=O)[C@@](O)(c1ccccc1)C1CCCC1. The molecule has 0 aromatic heterocycles. The number of methoxy groups -OCH3 is 1. The molecule has 1 fully saturated rings. The summed E-state index contributed by atoms with van der Waals surface area (Å²) in [4.78, 5) is 11.9. The van der Waals surface area contributed by atoms with Gasteiger partial charge in [0, 0.05) is 5.92 Å². The molecule has 17 heavy (non-hydrogen) atoms. The van der Waals surface area contributed by atoms with Crippen LogP contribution in [0.15, 0.2) is 30.3 Å². The second-order valence-electron chi connectivity index (χ2n) is 4.61. The van der Waals surface area contributed by atoms with E-state index in [0.29, 0.717) is 5.56 Å². The standard InChI is InChI=1S/C14H18O3/c1-17-13(15)14(16,12-9-5-6-10-12)11-7-3-2-4-8-11/h2-4,7-8,12,16H,5-6,9-10H2,1H3/t14-/m1/s1. The average molecular weight is 234 g/mol. The lowest BCUT2D eigenvalue weighted by molar-refractivity contribution is -0.170. The third-order valence-corrected chi connectivity index (χ3v) is 3.66. The molecule has 0 radical (unpaired) electrons. The van der Waals surface area contributed by atoms with E-state index in [4.69, 9.17) is 4.74 Å². The minimum Gasteiger partial charge on any atom is -0.467 e. The van der Waals surface area contributed by atoms with Gasteiger partial charge >= 0.3 is 5.97 Å². The molecule has 1 aliphatic rings. The van der Waals surface area contributed by atoms with Crippen LogP contribution in [0, 0.1) is 5.92 Å². The number of hydrogen-bond donors (Lipinski definition) is 1. The summed E-state index contributed by atoms with van der Waals surface area (Å²) in [5, 5.41) is 10.8. The van der Waals surface area contributed by atoms with E-state index in [1.54, 1.807) is 12.1 Å². The fourth-order valence-electron chi connectivity index (χ4n) is 2.71. The van der Waals surface area contributed by atoms with Gasteiger partial charge in [0.15, 0.2) is 5.60 Å². The van der Waals surface area contributed by atoms with Crippen LogP contribution in [0.3, 0.4) is 0 Å². The molecule has 0 saturated heterocycles. The largest absolute Gasteiger partial charge is 0.467 e. The van der Waals surface area contributed by atoms with Gasteiger partial charge in [-0.2, -0.15) is 0 Å². The van der Waals surface area contributed by atoms with E-state index in [0.717, 1.165) is 25.7 Å². The van der Waals surface area contributed by atoms with Crippen LogP contribution in [0.2, 0.25) is 0 Å². The fraction of sp³-hybridized carbons (Fsp3) is 0.500. The summed E-state index contributed by atoms with van der Waals surface area (Å²) in [6.45, 7) is 0. The van der Waals surface area contributed by atoms with Crippen molar-refractivity contribution in [3.8, 4) is 0 Å². The van der Waals surface area contributed by atoms with Gasteiger partial charge in [-0.1, -0.05) is 43.2 Å². The Morgan fingerprint density at radius 3 is 2.41 bits per heavy atom. The molecule has 3 nitrogen and oxygen atoms in total. The highest BCUT2D eigenvalue weighted by atomic mass is 16.5. The molecule has 3 heteroatoms. The van der Waals surface area contributed by atoms with Gasteiger partial charge < -0.3 is 9.84 Å². The van der Waals surface area contributed by atoms with Gasteiger partial charge in [-0.05, 0) is 18.4 Å². The monoisotopic (exact) mass is 234 g/mol. The van der Waals surface area contributed by atoms with Gasteiger partial charge in [-0.25, -0.2) is 4.79 Å². The summed E-state index contributed by atoms with van der Waals surface area (Å²) < 4.78 is 4.79. The third-order valence-electron chi connectivity index (χ3n) is 3.66. The first-order chi connectivity index (χ1) is 8.19. The van der Waals surface area contributed by atoms with Crippen molar-refractivity contribution in [3.63, 3.8) is 0 Å². The molecule has 1 aliphatic carbocycles. The molecular formula is C14H18O3. The predicted molar refractivity (Wildman–Crippen MR) is 64.3 cm³/mol. The predicted octanol–water partition coefficient (Wildman–Crippen LogP) is 2.24. The molecule has 0 bridgehead atoms. The van der Waals surface area contributed by atoms with Crippen LogP contribution in [-0.2, 0) is 15.1 Å². The molecule has 1 aromatic carbocycles. The van der Waals surface area contributed by atoms with Crippen LogP contribution in [0.5, 0.6) is 0 Å². The number of rotatable bonds is 3. The van der Waals surface area contributed by atoms with Crippen LogP contribution in [0.1, 0.15) is 31.2 Å². The smallest absolute Gasteiger partial charge is 0.342 e. The normalized spacial score (nSPS) is 19.9. The van der Waals surface area contributed by atoms with E-state index in [1.807, 2.05) is 18.2 Å². The zero-order valence-electron chi connectivity index (χ0n) is 10.1. The van der Waals surface area contributed by atoms with E-state index in [1.165, 1.54) is 7.11 Å². The van der Waals surface area contributed by atoms with Crippen LogP contribution < -0.4 is 0 Å². The highest BCUT2D eigenvalue weighted by molar-refractivity contribution is 5.81. The first kappa shape index (κ1) is 12.1. The average Bonchev–Trinajstić information content (AvgIpc) is 2.92. The molecule has 2 rings (SSSR count). The lowest BCUT2D eigenvalue weighted by Gasteiger charge is -2.31. The number of aliphatic hydroxyl groups is 1. The Balaban J connectivity index is 2.39. The Hall–Kier alpha value is -1.35. The van der Waals surface area contributed by atoms with Crippen molar-refractivity contribution >= 4 is 5.97 Å². The number of carbonyl (C=O) groups excluding carboxylic acids is 1. The highest BCUT2D eigenvalue weighted by Crippen LogP contribution is 2.41. The van der Waals surface area contributed by atoms with Gasteiger partial charge in [0.2, 0.25) is 0 Å². The first-order valence-corrected chi connectivity index (χ1v) is 6.06. The Bertz CT molecular complexity index is 382. The van der Waals surface area contributed by atoms with Crippen molar-refractivity contribution in [2.24, 2.45) is 5.92 Å². The number of benzene rings is 1. The quantitative estimate of drug-likeness (QED) is 0.816. The summed E-state index contributed by atoms with van der Waals surface area (Å²) in [7, 11) is 1.32. The van der Waals surface area contributed by atoms with Gasteiger partial charge in [-0.3, -0.25) is 0 Å². The molecule has 1 aromatic rings. The summed E-state index contributed by atoms with van der Waals surface area (Å²) >= 11 is 0. The second kappa shape index (κ2) is 4.88. The number of carbonyl (C=O) groups is 1. The minimum absolute atomic E-state index is 0.0302. The highest BCUT2D eigenvalue weighted by Gasteiger charge is 2.47. The summed E-state index contributed by atoms with van der Waals surface area (Å²) in [5.41, 5.74) is -0.842. The Labute approximate surface area is 101 Å². The maximum absolute atomic E-state index is 11.9. The molecule has 0 aliphatic heterocycles. The van der Waals surface area contributed by atoms with E-state index < -0.39 is 11.6 Å². The van der Waals surface area contributed by atoms with E-state index in [2.05, 4.69) is 0 Å². The van der Waals surface area contributed by atoms with Crippen LogP contribution in [-0.4, -0.2) is 18.2 Å². The van der Waals surface area contributed by atoms with Gasteiger partial charge in [0.25, 0.3) is 0 Å². The van der Waals surface area contributed by atoms with Gasteiger partial charge in [0.05, 0.1) is 7.11 Å². The summed E-state index contributed by atoms with van der Waals surface area (Å²) in [6.07, 6.45) is 3.88. The van der Waals surface area contributed by atoms with Crippen molar-refractivity contribution in [3.05, 3.63) is 35.9 Å². The number of hydrogen-bond acceptors (Lipinski definition) is 3. The van der Waals surface area contributed by atoms with Crippen molar-refractivity contribution in [1.29, 1.82) is 0 Å². The van der Waals surface area contributed by atoms with Crippen LogP contribution in [0.25, 0.3) is 0 Å². The zero-order valence-corrected chi connectivity index (χ0v) is 10.1. The maximum Gasteiger partial charge on any atom is 0.342 e. The molecular weight excluding hydrogens is 216 g/mol. The fourth-order valence-corrected chi connectivity index (χ4v) is 2.71. The maximum atomic E-state index is 11.9. The number of esters is 1. The molecule has 0 amide bonds. The lowest BCUT2D eigenvalue weighted by Crippen LogP contribution is -2.43. The topological polar surface area (TPSA) is 46.5 Å². The first-order valence-electron chi connectivity index (χ1n) is 6.06. The van der Waals surface area contributed by atoms with E-state index >= 15 is 0 Å². The molecule has 1 saturated carbocycles. The molecule has 1 N–H and O–H groups in total.